The lowest BCUT2D eigenvalue weighted by molar-refractivity contribution is -0.142. The number of rotatable bonds is 7. The van der Waals surface area contributed by atoms with Crippen LogP contribution in [0.5, 0.6) is 0 Å². The van der Waals surface area contributed by atoms with Gasteiger partial charge >= 0.3 is 5.97 Å². The van der Waals surface area contributed by atoms with Crippen molar-refractivity contribution < 1.29 is 28.3 Å². The lowest BCUT2D eigenvalue weighted by Gasteiger charge is -2.19. The summed E-state index contributed by atoms with van der Waals surface area (Å²) < 4.78 is 24.5. The summed E-state index contributed by atoms with van der Waals surface area (Å²) in [6, 6.07) is 5.14. The summed E-state index contributed by atoms with van der Waals surface area (Å²) in [5, 5.41) is 13.1. The zero-order valence-electron chi connectivity index (χ0n) is 14.3. The molecule has 1 unspecified atom stereocenters. The molecule has 0 saturated carbocycles. The first-order valence-electron chi connectivity index (χ1n) is 7.69. The molecular formula is C17H22F2N2O4. The summed E-state index contributed by atoms with van der Waals surface area (Å²) >= 11 is 0. The first kappa shape index (κ1) is 20.5. The molecular weight excluding hydrogens is 334 g/mol. The van der Waals surface area contributed by atoms with E-state index in [1.165, 1.54) is 0 Å². The summed E-state index contributed by atoms with van der Waals surface area (Å²) in [5.41, 5.74) is 1.31. The van der Waals surface area contributed by atoms with Crippen molar-refractivity contribution in [2.75, 3.05) is 6.54 Å². The maximum absolute atomic E-state index is 12.3. The van der Waals surface area contributed by atoms with Gasteiger partial charge in [0.1, 0.15) is 6.04 Å². The molecule has 138 valence electrons. The molecule has 0 radical (unpaired) electrons. The number of benzene rings is 1. The van der Waals surface area contributed by atoms with Gasteiger partial charge in [0, 0.05) is 12.0 Å². The minimum atomic E-state index is -2.86. The molecule has 8 heteroatoms. The number of halogens is 2. The van der Waals surface area contributed by atoms with E-state index in [1.54, 1.807) is 24.3 Å². The molecule has 25 heavy (non-hydrogen) atoms. The van der Waals surface area contributed by atoms with Crippen LogP contribution in [0, 0.1) is 0 Å². The largest absolute Gasteiger partial charge is 0.480 e. The van der Waals surface area contributed by atoms with E-state index in [9.17, 15) is 23.2 Å². The van der Waals surface area contributed by atoms with Gasteiger partial charge in [0.15, 0.2) is 0 Å². The van der Waals surface area contributed by atoms with Crippen molar-refractivity contribution in [3.05, 3.63) is 35.4 Å². The monoisotopic (exact) mass is 356 g/mol. The zero-order chi connectivity index (χ0) is 19.2. The van der Waals surface area contributed by atoms with Crippen LogP contribution in [0.2, 0.25) is 0 Å². The number of hydrogen-bond donors (Lipinski definition) is 3. The van der Waals surface area contributed by atoms with Crippen molar-refractivity contribution >= 4 is 17.8 Å². The molecule has 0 saturated heterocycles. The highest BCUT2D eigenvalue weighted by Crippen LogP contribution is 2.22. The van der Waals surface area contributed by atoms with Gasteiger partial charge in [0.25, 0.3) is 5.91 Å². The second-order valence-corrected chi connectivity index (χ2v) is 6.60. The quantitative estimate of drug-likeness (QED) is 0.696. The third-order valence-corrected chi connectivity index (χ3v) is 3.47. The van der Waals surface area contributed by atoms with E-state index in [1.807, 2.05) is 26.1 Å². The van der Waals surface area contributed by atoms with Crippen LogP contribution in [0.1, 0.15) is 43.1 Å². The number of aliphatic carboxylic acids is 1. The highest BCUT2D eigenvalue weighted by molar-refractivity contribution is 5.96. The first-order chi connectivity index (χ1) is 11.5. The molecule has 1 rings (SSSR count). The van der Waals surface area contributed by atoms with Gasteiger partial charge in [-0.05, 0) is 23.1 Å². The van der Waals surface area contributed by atoms with Gasteiger partial charge in [-0.25, -0.2) is 13.6 Å². The first-order valence-corrected chi connectivity index (χ1v) is 7.69. The van der Waals surface area contributed by atoms with Crippen molar-refractivity contribution in [3.8, 4) is 0 Å². The fraction of sp³-hybridized carbons (Fsp3) is 0.471. The molecule has 0 aliphatic rings. The SMILES string of the molecule is CC(C)(C)c1ccc(C(=O)NCC(=O)NC(CC(F)F)C(=O)O)cc1. The molecule has 0 spiro atoms. The molecule has 0 bridgehead atoms. The van der Waals surface area contributed by atoms with E-state index in [-0.39, 0.29) is 5.41 Å². The Bertz CT molecular complexity index is 625. The van der Waals surface area contributed by atoms with Crippen LogP contribution in [0.25, 0.3) is 0 Å². The Balaban J connectivity index is 2.58. The number of carbonyl (C=O) groups excluding carboxylic acids is 2. The van der Waals surface area contributed by atoms with E-state index in [2.05, 4.69) is 5.32 Å². The Labute approximate surface area is 144 Å². The lowest BCUT2D eigenvalue weighted by Crippen LogP contribution is -2.46. The fourth-order valence-corrected chi connectivity index (χ4v) is 2.03. The molecule has 0 heterocycles. The van der Waals surface area contributed by atoms with Gasteiger partial charge in [0.2, 0.25) is 12.3 Å². The van der Waals surface area contributed by atoms with Crippen molar-refractivity contribution in [1.29, 1.82) is 0 Å². The van der Waals surface area contributed by atoms with Gasteiger partial charge in [-0.3, -0.25) is 9.59 Å². The molecule has 0 aliphatic carbocycles. The maximum Gasteiger partial charge on any atom is 0.326 e. The number of hydrogen-bond acceptors (Lipinski definition) is 3. The van der Waals surface area contributed by atoms with E-state index in [0.29, 0.717) is 5.56 Å². The molecule has 6 nitrogen and oxygen atoms in total. The number of nitrogens with one attached hydrogen (secondary N) is 2. The van der Waals surface area contributed by atoms with Crippen molar-refractivity contribution in [2.45, 2.75) is 45.1 Å². The summed E-state index contributed by atoms with van der Waals surface area (Å²) in [6.45, 7) is 5.59. The van der Waals surface area contributed by atoms with Crippen LogP contribution in [0.15, 0.2) is 24.3 Å². The van der Waals surface area contributed by atoms with Crippen molar-refractivity contribution in [2.24, 2.45) is 0 Å². The van der Waals surface area contributed by atoms with Gasteiger partial charge in [-0.15, -0.1) is 0 Å². The van der Waals surface area contributed by atoms with E-state index in [0.717, 1.165) is 5.56 Å². The Hall–Kier alpha value is -2.51. The number of carbonyl (C=O) groups is 3. The maximum atomic E-state index is 12.3. The highest BCUT2D eigenvalue weighted by atomic mass is 19.3. The van der Waals surface area contributed by atoms with Crippen LogP contribution in [0.3, 0.4) is 0 Å². The van der Waals surface area contributed by atoms with E-state index >= 15 is 0 Å². The normalized spacial score (nSPS) is 12.6. The second-order valence-electron chi connectivity index (χ2n) is 6.60. The molecule has 0 aliphatic heterocycles. The fourth-order valence-electron chi connectivity index (χ4n) is 2.03. The third kappa shape index (κ3) is 6.86. The predicted octanol–water partition coefficient (Wildman–Crippen LogP) is 1.94. The average Bonchev–Trinajstić information content (AvgIpc) is 2.50. The van der Waals surface area contributed by atoms with Crippen LogP contribution in [-0.2, 0) is 15.0 Å². The van der Waals surface area contributed by atoms with E-state index < -0.39 is 43.2 Å². The minimum Gasteiger partial charge on any atom is -0.480 e. The van der Waals surface area contributed by atoms with Gasteiger partial charge in [0.05, 0.1) is 6.54 Å². The Morgan fingerprint density at radius 3 is 2.12 bits per heavy atom. The Morgan fingerprint density at radius 1 is 1.12 bits per heavy atom. The molecule has 1 aromatic carbocycles. The number of carboxylic acids is 1. The second kappa shape index (κ2) is 8.55. The third-order valence-electron chi connectivity index (χ3n) is 3.47. The van der Waals surface area contributed by atoms with Crippen LogP contribution < -0.4 is 10.6 Å². The number of carboxylic acid groups (broad SMARTS) is 1. The minimum absolute atomic E-state index is 0.0641. The summed E-state index contributed by atoms with van der Waals surface area (Å²) in [4.78, 5) is 34.4. The smallest absolute Gasteiger partial charge is 0.326 e. The molecule has 1 aromatic rings. The Kier molecular flexibility index (Phi) is 7.02. The predicted molar refractivity (Wildman–Crippen MR) is 87.7 cm³/mol. The summed E-state index contributed by atoms with van der Waals surface area (Å²) in [5.74, 6) is -2.93. The van der Waals surface area contributed by atoms with Crippen LogP contribution >= 0.6 is 0 Å². The molecule has 3 N–H and O–H groups in total. The zero-order valence-corrected chi connectivity index (χ0v) is 14.3. The van der Waals surface area contributed by atoms with Crippen LogP contribution in [-0.4, -0.2) is 41.9 Å². The van der Waals surface area contributed by atoms with Gasteiger partial charge in [-0.1, -0.05) is 32.9 Å². The molecule has 1 atom stereocenters. The van der Waals surface area contributed by atoms with Crippen LogP contribution in [0.4, 0.5) is 8.78 Å². The molecule has 0 fully saturated rings. The van der Waals surface area contributed by atoms with E-state index in [4.69, 9.17) is 5.11 Å². The Morgan fingerprint density at radius 2 is 1.68 bits per heavy atom. The molecule has 2 amide bonds. The number of amides is 2. The standard InChI is InChI=1S/C17H22F2N2O4/c1-17(2,3)11-6-4-10(5-7-11)15(23)20-9-14(22)21-12(16(24)25)8-13(18)19/h4-7,12-13H,8-9H2,1-3H3,(H,20,23)(H,21,22)(H,24,25). The van der Waals surface area contributed by atoms with Crippen molar-refractivity contribution in [1.82, 2.24) is 10.6 Å². The highest BCUT2D eigenvalue weighted by Gasteiger charge is 2.24. The number of alkyl halides is 2. The summed E-state index contributed by atoms with van der Waals surface area (Å²) in [6.07, 6.45) is -3.86. The topological polar surface area (TPSA) is 95.5 Å². The van der Waals surface area contributed by atoms with Gasteiger partial charge in [-0.2, -0.15) is 0 Å². The average molecular weight is 356 g/mol. The summed E-state index contributed by atoms with van der Waals surface area (Å²) in [7, 11) is 0. The van der Waals surface area contributed by atoms with Gasteiger partial charge < -0.3 is 15.7 Å². The van der Waals surface area contributed by atoms with Crippen molar-refractivity contribution in [3.63, 3.8) is 0 Å². The molecule has 0 aromatic heterocycles. The lowest BCUT2D eigenvalue weighted by atomic mass is 9.87.